The molecule has 1 aliphatic carbocycles. The van der Waals surface area contributed by atoms with Crippen LogP contribution < -0.4 is 4.74 Å². The molecule has 1 unspecified atom stereocenters. The molecular weight excluding hydrogens is 402 g/mol. The zero-order valence-corrected chi connectivity index (χ0v) is 18.7. The van der Waals surface area contributed by atoms with Crippen LogP contribution in [0.15, 0.2) is 70.9 Å². The summed E-state index contributed by atoms with van der Waals surface area (Å²) in [7, 11) is 0. The maximum atomic E-state index is 13.1. The van der Waals surface area contributed by atoms with Crippen LogP contribution in [0.5, 0.6) is 5.75 Å². The normalized spacial score (nSPS) is 20.4. The van der Waals surface area contributed by atoms with Gasteiger partial charge in [-0.2, -0.15) is 0 Å². The Morgan fingerprint density at radius 3 is 2.59 bits per heavy atom. The molecule has 0 bridgehead atoms. The van der Waals surface area contributed by atoms with Crippen LogP contribution in [0.3, 0.4) is 0 Å². The highest BCUT2D eigenvalue weighted by atomic mass is 16.5. The van der Waals surface area contributed by atoms with E-state index in [2.05, 4.69) is 0 Å². The number of hydrogen-bond acceptors (Lipinski definition) is 5. The summed E-state index contributed by atoms with van der Waals surface area (Å²) in [6, 6.07) is 17.6. The molecule has 1 heterocycles. The van der Waals surface area contributed by atoms with Gasteiger partial charge < -0.3 is 9.47 Å². The molecule has 2 aliphatic rings. The molecule has 32 heavy (non-hydrogen) atoms. The number of esters is 1. The minimum atomic E-state index is -0.635. The van der Waals surface area contributed by atoms with Gasteiger partial charge in [-0.3, -0.25) is 14.6 Å². The molecule has 2 aromatic rings. The van der Waals surface area contributed by atoms with Crippen molar-refractivity contribution in [1.29, 1.82) is 0 Å². The van der Waals surface area contributed by atoms with Gasteiger partial charge in [0.2, 0.25) is 0 Å². The minimum Gasteiger partial charge on any atom is -0.489 e. The SMILES string of the molecule is CCCOC(=O)C1C(C)=NC2=C(C(=O)CCC2)[C@H]1c1ccccc1OCc1ccccc1. The first-order valence-corrected chi connectivity index (χ1v) is 11.3. The first kappa shape index (κ1) is 22.0. The predicted molar refractivity (Wildman–Crippen MR) is 124 cm³/mol. The molecule has 0 saturated heterocycles. The highest BCUT2D eigenvalue weighted by Gasteiger charge is 2.44. The standard InChI is InChI=1S/C27H29NO4/c1-3-16-31-27(30)24-18(2)28-21-13-9-14-22(29)26(21)25(24)20-12-7-8-15-23(20)32-17-19-10-5-4-6-11-19/h4-8,10-12,15,24-25H,3,9,13-14,16-17H2,1-2H3/t24?,25-/m0/s1. The second-order valence-electron chi connectivity index (χ2n) is 8.33. The smallest absolute Gasteiger partial charge is 0.315 e. The van der Waals surface area contributed by atoms with Crippen LogP contribution in [0.4, 0.5) is 0 Å². The van der Waals surface area contributed by atoms with Crippen molar-refractivity contribution >= 4 is 17.5 Å². The van der Waals surface area contributed by atoms with Gasteiger partial charge in [0, 0.05) is 34.9 Å². The molecule has 0 amide bonds. The van der Waals surface area contributed by atoms with E-state index in [9.17, 15) is 9.59 Å². The second kappa shape index (κ2) is 9.94. The molecule has 0 fully saturated rings. The van der Waals surface area contributed by atoms with Crippen LogP contribution in [0, 0.1) is 5.92 Å². The van der Waals surface area contributed by atoms with Gasteiger partial charge in [-0.25, -0.2) is 0 Å². The molecule has 1 aliphatic heterocycles. The molecule has 2 atom stereocenters. The Morgan fingerprint density at radius 2 is 1.81 bits per heavy atom. The third-order valence-electron chi connectivity index (χ3n) is 6.03. The van der Waals surface area contributed by atoms with E-state index >= 15 is 0 Å². The van der Waals surface area contributed by atoms with E-state index in [1.807, 2.05) is 68.4 Å². The maximum Gasteiger partial charge on any atom is 0.315 e. The molecule has 0 aromatic heterocycles. The first-order valence-electron chi connectivity index (χ1n) is 11.3. The molecule has 5 nitrogen and oxygen atoms in total. The molecular formula is C27H29NO4. The number of para-hydroxylation sites is 1. The molecule has 0 spiro atoms. The van der Waals surface area contributed by atoms with Crippen LogP contribution >= 0.6 is 0 Å². The fourth-order valence-corrected chi connectivity index (χ4v) is 4.54. The average molecular weight is 432 g/mol. The van der Waals surface area contributed by atoms with Crippen molar-refractivity contribution in [3.05, 3.63) is 77.0 Å². The lowest BCUT2D eigenvalue weighted by Crippen LogP contribution is -2.37. The number of rotatable bonds is 7. The lowest BCUT2D eigenvalue weighted by atomic mass is 9.71. The predicted octanol–water partition coefficient (Wildman–Crippen LogP) is 5.40. The number of hydrogen-bond donors (Lipinski definition) is 0. The third-order valence-corrected chi connectivity index (χ3v) is 6.03. The van der Waals surface area contributed by atoms with Gasteiger partial charge in [0.1, 0.15) is 18.3 Å². The van der Waals surface area contributed by atoms with E-state index in [1.54, 1.807) is 0 Å². The van der Waals surface area contributed by atoms with E-state index < -0.39 is 11.8 Å². The van der Waals surface area contributed by atoms with Crippen LogP contribution in [-0.2, 0) is 20.9 Å². The largest absolute Gasteiger partial charge is 0.489 e. The Kier molecular flexibility index (Phi) is 6.84. The summed E-state index contributed by atoms with van der Waals surface area (Å²) in [5, 5.41) is 0. The summed E-state index contributed by atoms with van der Waals surface area (Å²) < 4.78 is 11.8. The van der Waals surface area contributed by atoms with Crippen molar-refractivity contribution in [2.75, 3.05) is 6.61 Å². The number of benzene rings is 2. The molecule has 0 saturated carbocycles. The van der Waals surface area contributed by atoms with E-state index in [4.69, 9.17) is 14.5 Å². The number of ether oxygens (including phenoxy) is 2. The van der Waals surface area contributed by atoms with Gasteiger partial charge >= 0.3 is 5.97 Å². The monoisotopic (exact) mass is 431 g/mol. The zero-order valence-electron chi connectivity index (χ0n) is 18.7. The van der Waals surface area contributed by atoms with E-state index in [-0.39, 0.29) is 11.8 Å². The molecule has 5 heteroatoms. The second-order valence-corrected chi connectivity index (χ2v) is 8.33. The number of Topliss-reactive ketones (excluding diaryl/α,β-unsaturated/α-hetero) is 1. The zero-order chi connectivity index (χ0) is 22.5. The Balaban J connectivity index is 1.75. The van der Waals surface area contributed by atoms with Crippen LogP contribution in [0.1, 0.15) is 56.6 Å². The highest BCUT2D eigenvalue weighted by molar-refractivity contribution is 6.09. The summed E-state index contributed by atoms with van der Waals surface area (Å²) in [5.74, 6) is -0.676. The van der Waals surface area contributed by atoms with E-state index in [0.29, 0.717) is 36.7 Å². The Labute approximate surface area is 189 Å². The van der Waals surface area contributed by atoms with Gasteiger partial charge in [0.15, 0.2) is 5.78 Å². The summed E-state index contributed by atoms with van der Waals surface area (Å²) in [4.78, 5) is 30.9. The Bertz CT molecular complexity index is 1050. The van der Waals surface area contributed by atoms with Crippen LogP contribution in [-0.4, -0.2) is 24.1 Å². The number of nitrogens with zero attached hydrogens (tertiary/aromatic N) is 1. The molecule has 0 N–H and O–H groups in total. The number of carbonyl (C=O) groups excluding carboxylic acids is 2. The number of allylic oxidation sites excluding steroid dienone is 2. The van der Waals surface area contributed by atoms with Crippen molar-refractivity contribution in [3.8, 4) is 5.75 Å². The quantitative estimate of drug-likeness (QED) is 0.551. The van der Waals surface area contributed by atoms with Crippen molar-refractivity contribution in [1.82, 2.24) is 0 Å². The Morgan fingerprint density at radius 1 is 1.06 bits per heavy atom. The van der Waals surface area contributed by atoms with Crippen LogP contribution in [0.2, 0.25) is 0 Å². The van der Waals surface area contributed by atoms with Crippen molar-refractivity contribution in [2.24, 2.45) is 10.9 Å². The fraction of sp³-hybridized carbons (Fsp3) is 0.370. The molecule has 2 aromatic carbocycles. The van der Waals surface area contributed by atoms with Crippen molar-refractivity contribution in [2.45, 2.75) is 52.1 Å². The molecule has 0 radical (unpaired) electrons. The average Bonchev–Trinajstić information content (AvgIpc) is 2.81. The minimum absolute atomic E-state index is 0.0682. The molecule has 4 rings (SSSR count). The summed E-state index contributed by atoms with van der Waals surface area (Å²) in [6.07, 6.45) is 2.76. The van der Waals surface area contributed by atoms with Crippen molar-refractivity contribution in [3.63, 3.8) is 0 Å². The van der Waals surface area contributed by atoms with Gasteiger partial charge in [-0.1, -0.05) is 55.5 Å². The maximum absolute atomic E-state index is 13.1. The number of carbonyl (C=O) groups is 2. The number of ketones is 1. The summed E-state index contributed by atoms with van der Waals surface area (Å²) in [5.41, 5.74) is 4.04. The van der Waals surface area contributed by atoms with Gasteiger partial charge in [0.05, 0.1) is 6.61 Å². The van der Waals surface area contributed by atoms with E-state index in [1.165, 1.54) is 0 Å². The lowest BCUT2D eigenvalue weighted by Gasteiger charge is -2.35. The topological polar surface area (TPSA) is 65.0 Å². The van der Waals surface area contributed by atoms with E-state index in [0.717, 1.165) is 36.1 Å². The lowest BCUT2D eigenvalue weighted by molar-refractivity contribution is -0.146. The van der Waals surface area contributed by atoms with Gasteiger partial charge in [-0.05, 0) is 37.8 Å². The first-order chi connectivity index (χ1) is 15.6. The third kappa shape index (κ3) is 4.52. The van der Waals surface area contributed by atoms with Crippen molar-refractivity contribution < 1.29 is 19.1 Å². The number of aliphatic imine (C=N–C) groups is 1. The van der Waals surface area contributed by atoms with Gasteiger partial charge in [0.25, 0.3) is 0 Å². The van der Waals surface area contributed by atoms with Crippen LogP contribution in [0.25, 0.3) is 0 Å². The summed E-state index contributed by atoms with van der Waals surface area (Å²) in [6.45, 7) is 4.58. The molecule has 166 valence electrons. The fourth-order valence-electron chi connectivity index (χ4n) is 4.54. The highest BCUT2D eigenvalue weighted by Crippen LogP contribution is 2.46. The Hall–Kier alpha value is -3.21. The summed E-state index contributed by atoms with van der Waals surface area (Å²) >= 11 is 0. The van der Waals surface area contributed by atoms with Gasteiger partial charge in [-0.15, -0.1) is 0 Å².